The Morgan fingerprint density at radius 2 is 2.00 bits per heavy atom. The lowest BCUT2D eigenvalue weighted by molar-refractivity contribution is 0.358. The molecule has 0 radical (unpaired) electrons. The smallest absolute Gasteiger partial charge is 0.124 e. The molecule has 2 rings (SSSR count). The molecule has 0 spiro atoms. The summed E-state index contributed by atoms with van der Waals surface area (Å²) in [5, 5.41) is 5.52. The highest BCUT2D eigenvalue weighted by atomic mass is 35.5. The van der Waals surface area contributed by atoms with Gasteiger partial charge in [-0.25, -0.2) is 0 Å². The van der Waals surface area contributed by atoms with E-state index in [-0.39, 0.29) is 12.4 Å². The molecular formula is C15H18ClNOS. The van der Waals surface area contributed by atoms with Crippen molar-refractivity contribution in [2.75, 3.05) is 6.61 Å². The highest BCUT2D eigenvalue weighted by molar-refractivity contribution is 7.09. The van der Waals surface area contributed by atoms with E-state index in [1.807, 2.05) is 18.2 Å². The lowest BCUT2D eigenvalue weighted by Gasteiger charge is -2.10. The molecule has 0 saturated heterocycles. The molecule has 0 bridgehead atoms. The zero-order valence-electron chi connectivity index (χ0n) is 10.7. The minimum Gasteiger partial charge on any atom is -0.489 e. The van der Waals surface area contributed by atoms with Crippen LogP contribution in [0.5, 0.6) is 5.75 Å². The first-order chi connectivity index (χ1) is 8.90. The third-order valence-corrected chi connectivity index (χ3v) is 3.40. The number of para-hydroxylation sites is 1. The van der Waals surface area contributed by atoms with Crippen LogP contribution < -0.4 is 10.1 Å². The van der Waals surface area contributed by atoms with Crippen LogP contribution in [0.2, 0.25) is 0 Å². The molecule has 0 aliphatic rings. The van der Waals surface area contributed by atoms with Crippen molar-refractivity contribution in [3.63, 3.8) is 0 Å². The van der Waals surface area contributed by atoms with Gasteiger partial charge >= 0.3 is 0 Å². The second-order valence-electron chi connectivity index (χ2n) is 3.89. The zero-order valence-corrected chi connectivity index (χ0v) is 12.3. The van der Waals surface area contributed by atoms with Gasteiger partial charge in [0, 0.05) is 23.5 Å². The van der Waals surface area contributed by atoms with Crippen molar-refractivity contribution in [2.24, 2.45) is 0 Å². The number of halogens is 1. The standard InChI is InChI=1S/C15H17NOS.ClH/c1-2-9-17-15-8-4-3-6-13(15)11-16-12-14-7-5-10-18-14;/h2-8,10,16H,1,9,11-12H2;1H. The average Bonchev–Trinajstić information content (AvgIpc) is 2.91. The molecular weight excluding hydrogens is 278 g/mol. The van der Waals surface area contributed by atoms with Gasteiger partial charge in [0.25, 0.3) is 0 Å². The van der Waals surface area contributed by atoms with E-state index in [1.165, 1.54) is 10.4 Å². The molecule has 1 aromatic carbocycles. The lowest BCUT2D eigenvalue weighted by atomic mass is 10.2. The van der Waals surface area contributed by atoms with E-state index in [4.69, 9.17) is 4.74 Å². The van der Waals surface area contributed by atoms with Gasteiger partial charge in [-0.1, -0.05) is 36.9 Å². The molecule has 19 heavy (non-hydrogen) atoms. The quantitative estimate of drug-likeness (QED) is 0.779. The van der Waals surface area contributed by atoms with Gasteiger partial charge in [0.2, 0.25) is 0 Å². The summed E-state index contributed by atoms with van der Waals surface area (Å²) in [6.45, 7) is 5.91. The highest BCUT2D eigenvalue weighted by Gasteiger charge is 2.02. The maximum Gasteiger partial charge on any atom is 0.124 e. The zero-order chi connectivity index (χ0) is 12.6. The molecule has 2 nitrogen and oxygen atoms in total. The van der Waals surface area contributed by atoms with Crippen LogP contribution in [0.1, 0.15) is 10.4 Å². The summed E-state index contributed by atoms with van der Waals surface area (Å²) in [5.74, 6) is 0.927. The maximum absolute atomic E-state index is 5.62. The average molecular weight is 296 g/mol. The molecule has 1 aromatic heterocycles. The summed E-state index contributed by atoms with van der Waals surface area (Å²) in [7, 11) is 0. The fourth-order valence-electron chi connectivity index (χ4n) is 1.67. The summed E-state index contributed by atoms with van der Waals surface area (Å²) in [4.78, 5) is 1.35. The molecule has 0 fully saturated rings. The third-order valence-electron chi connectivity index (χ3n) is 2.52. The topological polar surface area (TPSA) is 21.3 Å². The Morgan fingerprint density at radius 1 is 1.16 bits per heavy atom. The van der Waals surface area contributed by atoms with E-state index in [0.29, 0.717) is 6.61 Å². The van der Waals surface area contributed by atoms with Gasteiger partial charge in [-0.15, -0.1) is 23.7 Å². The molecule has 1 N–H and O–H groups in total. The Hall–Kier alpha value is -1.29. The van der Waals surface area contributed by atoms with Gasteiger partial charge in [-0.05, 0) is 17.5 Å². The van der Waals surface area contributed by atoms with Gasteiger partial charge in [-0.2, -0.15) is 0 Å². The summed E-state index contributed by atoms with van der Waals surface area (Å²) < 4.78 is 5.62. The Kier molecular flexibility index (Phi) is 7.26. The second-order valence-corrected chi connectivity index (χ2v) is 4.92. The van der Waals surface area contributed by atoms with E-state index in [2.05, 4.69) is 35.5 Å². The molecule has 0 aliphatic heterocycles. The first-order valence-corrected chi connectivity index (χ1v) is 6.83. The predicted molar refractivity (Wildman–Crippen MR) is 84.2 cm³/mol. The molecule has 4 heteroatoms. The molecule has 2 aromatic rings. The lowest BCUT2D eigenvalue weighted by Crippen LogP contribution is -2.12. The largest absolute Gasteiger partial charge is 0.489 e. The minimum absolute atomic E-state index is 0. The normalized spacial score (nSPS) is 9.68. The summed E-state index contributed by atoms with van der Waals surface area (Å²) in [6.07, 6.45) is 1.76. The van der Waals surface area contributed by atoms with Gasteiger partial charge in [0.15, 0.2) is 0 Å². The van der Waals surface area contributed by atoms with Crippen molar-refractivity contribution >= 4 is 23.7 Å². The number of hydrogen-bond acceptors (Lipinski definition) is 3. The van der Waals surface area contributed by atoms with Gasteiger partial charge in [0.05, 0.1) is 0 Å². The van der Waals surface area contributed by atoms with E-state index >= 15 is 0 Å². The molecule has 0 atom stereocenters. The highest BCUT2D eigenvalue weighted by Crippen LogP contribution is 2.18. The van der Waals surface area contributed by atoms with Crippen LogP contribution in [-0.4, -0.2) is 6.61 Å². The van der Waals surface area contributed by atoms with Crippen LogP contribution in [0, 0.1) is 0 Å². The molecule has 1 heterocycles. The van der Waals surface area contributed by atoms with Crippen molar-refractivity contribution in [2.45, 2.75) is 13.1 Å². The third kappa shape index (κ3) is 5.07. The van der Waals surface area contributed by atoms with Crippen LogP contribution in [0.15, 0.2) is 54.4 Å². The first-order valence-electron chi connectivity index (χ1n) is 5.95. The first kappa shape index (κ1) is 15.8. The van der Waals surface area contributed by atoms with Crippen molar-refractivity contribution in [3.8, 4) is 5.75 Å². The number of hydrogen-bond donors (Lipinski definition) is 1. The maximum atomic E-state index is 5.62. The fraction of sp³-hybridized carbons (Fsp3) is 0.200. The second kappa shape index (κ2) is 8.75. The number of benzene rings is 1. The van der Waals surface area contributed by atoms with E-state index < -0.39 is 0 Å². The van der Waals surface area contributed by atoms with Crippen LogP contribution >= 0.6 is 23.7 Å². The van der Waals surface area contributed by atoms with Crippen molar-refractivity contribution in [3.05, 3.63) is 64.9 Å². The van der Waals surface area contributed by atoms with Crippen molar-refractivity contribution in [1.82, 2.24) is 5.32 Å². The molecule has 0 aliphatic carbocycles. The van der Waals surface area contributed by atoms with Crippen LogP contribution in [-0.2, 0) is 13.1 Å². The van der Waals surface area contributed by atoms with E-state index in [9.17, 15) is 0 Å². The Balaban J connectivity index is 0.00000180. The van der Waals surface area contributed by atoms with Crippen LogP contribution in [0.3, 0.4) is 0 Å². The fourth-order valence-corrected chi connectivity index (χ4v) is 2.35. The van der Waals surface area contributed by atoms with Crippen molar-refractivity contribution < 1.29 is 4.74 Å². The number of nitrogens with one attached hydrogen (secondary N) is 1. The van der Waals surface area contributed by atoms with Gasteiger partial charge < -0.3 is 10.1 Å². The van der Waals surface area contributed by atoms with Crippen LogP contribution in [0.25, 0.3) is 0 Å². The van der Waals surface area contributed by atoms with Gasteiger partial charge in [0.1, 0.15) is 12.4 Å². The summed E-state index contributed by atoms with van der Waals surface area (Å²) >= 11 is 1.77. The van der Waals surface area contributed by atoms with E-state index in [0.717, 1.165) is 18.8 Å². The number of ether oxygens (including phenoxy) is 1. The Bertz CT molecular complexity index is 485. The molecule has 102 valence electrons. The number of rotatable bonds is 7. The minimum atomic E-state index is 0. The SMILES string of the molecule is C=CCOc1ccccc1CNCc1cccs1.Cl. The molecule has 0 amide bonds. The van der Waals surface area contributed by atoms with Crippen molar-refractivity contribution in [1.29, 1.82) is 0 Å². The van der Waals surface area contributed by atoms with Gasteiger partial charge in [-0.3, -0.25) is 0 Å². The Morgan fingerprint density at radius 3 is 2.74 bits per heavy atom. The number of thiophene rings is 1. The van der Waals surface area contributed by atoms with E-state index in [1.54, 1.807) is 17.4 Å². The molecule has 0 saturated carbocycles. The molecule has 0 unspecified atom stereocenters. The summed E-state index contributed by atoms with van der Waals surface area (Å²) in [6, 6.07) is 12.3. The predicted octanol–water partition coefficient (Wildman–Crippen LogP) is 4.02. The Labute approximate surface area is 124 Å². The summed E-state index contributed by atoms with van der Waals surface area (Å²) in [5.41, 5.74) is 1.18. The van der Waals surface area contributed by atoms with Crippen LogP contribution in [0.4, 0.5) is 0 Å². The monoisotopic (exact) mass is 295 g/mol.